The zero-order valence-electron chi connectivity index (χ0n) is 15.5. The van der Waals surface area contributed by atoms with Gasteiger partial charge >= 0.3 is 11.9 Å². The Morgan fingerprint density at radius 3 is 2.17 bits per heavy atom. The molecule has 0 saturated heterocycles. The van der Waals surface area contributed by atoms with E-state index in [4.69, 9.17) is 21.7 Å². The summed E-state index contributed by atoms with van der Waals surface area (Å²) in [6.07, 6.45) is 4.35. The normalized spacial score (nSPS) is 13.0. The minimum Gasteiger partial charge on any atom is -0.480 e. The maximum atomic E-state index is 10.6. The van der Waals surface area contributed by atoms with Crippen LogP contribution in [0.3, 0.4) is 0 Å². The smallest absolute Gasteiger partial charge is 0.320 e. The van der Waals surface area contributed by atoms with Crippen LogP contribution in [0.4, 0.5) is 0 Å². The molecule has 3 heterocycles. The summed E-state index contributed by atoms with van der Waals surface area (Å²) in [7, 11) is 0. The molecule has 3 aromatic heterocycles. The first-order valence-corrected chi connectivity index (χ1v) is 9.80. The van der Waals surface area contributed by atoms with E-state index in [2.05, 4.69) is 9.97 Å². The third kappa shape index (κ3) is 4.83. The van der Waals surface area contributed by atoms with Crippen LogP contribution in [0.1, 0.15) is 11.1 Å². The monoisotopic (exact) mass is 414 g/mol. The van der Waals surface area contributed by atoms with Gasteiger partial charge in [0.2, 0.25) is 0 Å². The third-order valence-corrected chi connectivity index (χ3v) is 5.54. The first-order valence-electron chi connectivity index (χ1n) is 8.92. The fourth-order valence-corrected chi connectivity index (χ4v) is 3.89. The molecule has 0 aliphatic heterocycles. The van der Waals surface area contributed by atoms with E-state index < -0.39 is 24.0 Å². The number of carboxylic acid groups (broad SMARTS) is 2. The standard InChI is InChI=1S/C11H12N2O2.C9H10N2O2S/c12-9(11(14)15)5-7-6-13-10-4-2-1-3-8(7)10;10-6(9(12)13)3-5-4-11-7-1-2-14-8(5)7/h1-4,6,9,13H,5,12H2,(H,14,15);1-2,4,6,11H,3,10H2,(H,12,13)/t9-;6-/m00/s1. The molecule has 0 aliphatic rings. The van der Waals surface area contributed by atoms with Crippen molar-refractivity contribution < 1.29 is 19.8 Å². The molecule has 9 heteroatoms. The van der Waals surface area contributed by atoms with Crippen LogP contribution < -0.4 is 11.5 Å². The van der Waals surface area contributed by atoms with Crippen LogP contribution in [0.25, 0.3) is 21.1 Å². The van der Waals surface area contributed by atoms with Gasteiger partial charge in [0.1, 0.15) is 12.1 Å². The Balaban J connectivity index is 0.000000166. The van der Waals surface area contributed by atoms with Gasteiger partial charge in [-0.3, -0.25) is 9.59 Å². The summed E-state index contributed by atoms with van der Waals surface area (Å²) in [4.78, 5) is 27.4. The van der Waals surface area contributed by atoms with E-state index in [9.17, 15) is 9.59 Å². The van der Waals surface area contributed by atoms with Crippen molar-refractivity contribution in [2.75, 3.05) is 0 Å². The zero-order valence-corrected chi connectivity index (χ0v) is 16.3. The highest BCUT2D eigenvalue weighted by molar-refractivity contribution is 7.17. The molecule has 0 aliphatic carbocycles. The average molecular weight is 414 g/mol. The minimum absolute atomic E-state index is 0.347. The van der Waals surface area contributed by atoms with Crippen molar-refractivity contribution in [3.05, 3.63) is 59.2 Å². The first-order chi connectivity index (χ1) is 13.9. The first kappa shape index (κ1) is 20.6. The van der Waals surface area contributed by atoms with Crippen molar-refractivity contribution >= 4 is 44.4 Å². The minimum atomic E-state index is -0.972. The summed E-state index contributed by atoms with van der Waals surface area (Å²) < 4.78 is 1.10. The molecular weight excluding hydrogens is 392 g/mol. The second-order valence-electron chi connectivity index (χ2n) is 6.63. The van der Waals surface area contributed by atoms with Gasteiger partial charge in [0.25, 0.3) is 0 Å². The van der Waals surface area contributed by atoms with Crippen LogP contribution in [0.15, 0.2) is 48.1 Å². The van der Waals surface area contributed by atoms with Gasteiger partial charge in [0, 0.05) is 36.1 Å². The summed E-state index contributed by atoms with van der Waals surface area (Å²) in [5, 5.41) is 20.4. The number of carbonyl (C=O) groups is 2. The van der Waals surface area contributed by atoms with Crippen molar-refractivity contribution in [3.8, 4) is 0 Å². The Kier molecular flexibility index (Phi) is 6.32. The van der Waals surface area contributed by atoms with Gasteiger partial charge in [-0.15, -0.1) is 11.3 Å². The molecule has 1 aromatic carbocycles. The van der Waals surface area contributed by atoms with Crippen LogP contribution in [0.2, 0.25) is 0 Å². The predicted octanol–water partition coefficient (Wildman–Crippen LogP) is 2.31. The number of rotatable bonds is 6. The summed E-state index contributed by atoms with van der Waals surface area (Å²) in [5.74, 6) is -1.93. The molecule has 2 atom stereocenters. The Hall–Kier alpha value is -3.14. The van der Waals surface area contributed by atoms with Crippen LogP contribution in [0.5, 0.6) is 0 Å². The number of nitrogens with one attached hydrogen (secondary N) is 2. The second kappa shape index (κ2) is 8.91. The molecule has 0 amide bonds. The van der Waals surface area contributed by atoms with Crippen molar-refractivity contribution in [2.45, 2.75) is 24.9 Å². The number of hydrogen-bond acceptors (Lipinski definition) is 5. The molecule has 0 saturated carbocycles. The quantitative estimate of drug-likeness (QED) is 0.284. The number of nitrogens with two attached hydrogens (primary N) is 2. The second-order valence-corrected chi connectivity index (χ2v) is 7.55. The fraction of sp³-hybridized carbons (Fsp3) is 0.200. The van der Waals surface area contributed by atoms with E-state index in [0.29, 0.717) is 12.8 Å². The van der Waals surface area contributed by atoms with Gasteiger partial charge < -0.3 is 31.6 Å². The number of fused-ring (bicyclic) bond motifs is 2. The van der Waals surface area contributed by atoms with Crippen LogP contribution in [0, 0.1) is 0 Å². The maximum absolute atomic E-state index is 10.6. The average Bonchev–Trinajstić information content (AvgIpc) is 3.40. The molecule has 4 rings (SSSR count). The Morgan fingerprint density at radius 1 is 0.897 bits per heavy atom. The lowest BCUT2D eigenvalue weighted by molar-refractivity contribution is -0.139. The fourth-order valence-electron chi connectivity index (χ4n) is 3.00. The van der Waals surface area contributed by atoms with Crippen molar-refractivity contribution in [3.63, 3.8) is 0 Å². The molecule has 29 heavy (non-hydrogen) atoms. The van der Waals surface area contributed by atoms with Crippen molar-refractivity contribution in [2.24, 2.45) is 11.5 Å². The third-order valence-electron chi connectivity index (χ3n) is 4.55. The molecule has 8 nitrogen and oxygen atoms in total. The number of aromatic amines is 2. The highest BCUT2D eigenvalue weighted by atomic mass is 32.1. The Morgan fingerprint density at radius 2 is 1.48 bits per heavy atom. The molecule has 0 fully saturated rings. The Labute approximate surface area is 170 Å². The van der Waals surface area contributed by atoms with E-state index in [1.807, 2.05) is 48.1 Å². The summed E-state index contributed by atoms with van der Waals surface area (Å²) >= 11 is 1.59. The molecule has 0 bridgehead atoms. The van der Waals surface area contributed by atoms with Crippen molar-refractivity contribution in [1.82, 2.24) is 9.97 Å². The number of carboxylic acids is 2. The van der Waals surface area contributed by atoms with E-state index in [1.165, 1.54) is 0 Å². The number of benzene rings is 1. The number of hydrogen-bond donors (Lipinski definition) is 6. The summed E-state index contributed by atoms with van der Waals surface area (Å²) in [6.45, 7) is 0. The molecule has 0 unspecified atom stereocenters. The molecule has 0 radical (unpaired) electrons. The van der Waals surface area contributed by atoms with Gasteiger partial charge in [-0.05, 0) is 28.6 Å². The van der Waals surface area contributed by atoms with Crippen LogP contribution in [-0.2, 0) is 22.4 Å². The van der Waals surface area contributed by atoms with Crippen LogP contribution >= 0.6 is 11.3 Å². The molecule has 4 aromatic rings. The van der Waals surface area contributed by atoms with E-state index in [1.54, 1.807) is 11.3 Å². The van der Waals surface area contributed by atoms with E-state index in [0.717, 1.165) is 32.2 Å². The highest BCUT2D eigenvalue weighted by Gasteiger charge is 2.15. The van der Waals surface area contributed by atoms with Gasteiger partial charge in [0.15, 0.2) is 0 Å². The van der Waals surface area contributed by atoms with Gasteiger partial charge in [-0.2, -0.15) is 0 Å². The Bertz CT molecular complexity index is 1130. The number of aliphatic carboxylic acids is 2. The highest BCUT2D eigenvalue weighted by Crippen LogP contribution is 2.24. The SMILES string of the molecule is N[C@@H](Cc1c[nH]c2ccccc12)C(=O)O.N[C@@H](Cc1c[nH]c2ccsc12)C(=O)O. The lowest BCUT2D eigenvalue weighted by atomic mass is 10.1. The lowest BCUT2D eigenvalue weighted by Gasteiger charge is -2.04. The lowest BCUT2D eigenvalue weighted by Crippen LogP contribution is -2.32. The molecule has 8 N–H and O–H groups in total. The number of aromatic nitrogens is 2. The van der Waals surface area contributed by atoms with E-state index >= 15 is 0 Å². The van der Waals surface area contributed by atoms with Gasteiger partial charge in [-0.1, -0.05) is 18.2 Å². The largest absolute Gasteiger partial charge is 0.480 e. The number of H-pyrrole nitrogens is 2. The van der Waals surface area contributed by atoms with E-state index in [-0.39, 0.29) is 0 Å². The molecular formula is C20H22N4O4S. The van der Waals surface area contributed by atoms with Gasteiger partial charge in [-0.25, -0.2) is 0 Å². The topological polar surface area (TPSA) is 158 Å². The maximum Gasteiger partial charge on any atom is 0.320 e. The number of para-hydroxylation sites is 1. The summed E-state index contributed by atoms with van der Waals surface area (Å²) in [6, 6.07) is 8.06. The summed E-state index contributed by atoms with van der Waals surface area (Å²) in [5.41, 5.74) is 14.9. The molecule has 0 spiro atoms. The number of thiophene rings is 1. The zero-order chi connectivity index (χ0) is 21.0. The predicted molar refractivity (Wildman–Crippen MR) is 113 cm³/mol. The molecule has 152 valence electrons. The van der Waals surface area contributed by atoms with Crippen molar-refractivity contribution in [1.29, 1.82) is 0 Å². The van der Waals surface area contributed by atoms with Crippen LogP contribution in [-0.4, -0.2) is 44.2 Å². The van der Waals surface area contributed by atoms with Gasteiger partial charge in [0.05, 0.1) is 10.2 Å².